The van der Waals surface area contributed by atoms with E-state index in [1.165, 1.54) is 12.4 Å². The lowest BCUT2D eigenvalue weighted by atomic mass is 9.94. The van der Waals surface area contributed by atoms with E-state index in [0.717, 1.165) is 25.9 Å². The number of nitrogen functional groups attached to an aromatic ring is 1. The molecule has 11 heteroatoms. The smallest absolute Gasteiger partial charge is 0.264 e. The van der Waals surface area contributed by atoms with Gasteiger partial charge >= 0.3 is 0 Å². The molecule has 2 N–H and O–H groups in total. The van der Waals surface area contributed by atoms with E-state index in [9.17, 15) is 10.1 Å². The topological polar surface area (TPSA) is 126 Å². The van der Waals surface area contributed by atoms with Crippen molar-refractivity contribution in [2.24, 2.45) is 0 Å². The van der Waals surface area contributed by atoms with Gasteiger partial charge in [-0.15, -0.1) is 0 Å². The van der Waals surface area contributed by atoms with Crippen LogP contribution >= 0.6 is 0 Å². The Kier molecular flexibility index (Phi) is 7.54. The third-order valence-electron chi connectivity index (χ3n) is 8.24. The standard InChI is InChI=1S/C32H33FN8O2/c1-32(2,40-14-7-15-40)17-21(18-34)31(42)39-13-6-8-22(19-39)41-30-27(29(35)36-20-37-30)28(38-41)25-12-11-24(16-26(25)33)43-23-9-4-3-5-10-23/h3-5,9-12,16-17,20,22H,6-8,13-15,19H2,1-2H3,(H2,35,36,37)/t22-/m0/s1. The van der Waals surface area contributed by atoms with Crippen LogP contribution in [0.15, 0.2) is 66.5 Å². The largest absolute Gasteiger partial charge is 0.457 e. The molecule has 2 aliphatic heterocycles. The number of anilines is 1. The molecule has 2 aromatic carbocycles. The van der Waals surface area contributed by atoms with Gasteiger partial charge in [0.1, 0.15) is 46.8 Å². The van der Waals surface area contributed by atoms with E-state index in [1.807, 2.05) is 32.0 Å². The highest BCUT2D eigenvalue weighted by molar-refractivity contribution is 5.99. The minimum atomic E-state index is -0.530. The van der Waals surface area contributed by atoms with Gasteiger partial charge in [-0.1, -0.05) is 18.2 Å². The molecule has 220 valence electrons. The lowest BCUT2D eigenvalue weighted by Gasteiger charge is -2.43. The van der Waals surface area contributed by atoms with Crippen LogP contribution in [0.25, 0.3) is 22.3 Å². The number of fused-ring (bicyclic) bond motifs is 1. The van der Waals surface area contributed by atoms with Gasteiger partial charge in [-0.2, -0.15) is 10.4 Å². The van der Waals surface area contributed by atoms with Crippen LogP contribution in [0.5, 0.6) is 11.5 Å². The van der Waals surface area contributed by atoms with Crippen molar-refractivity contribution in [2.45, 2.75) is 44.7 Å². The summed E-state index contributed by atoms with van der Waals surface area (Å²) < 4.78 is 23.1. The number of rotatable bonds is 7. The number of nitrogens with two attached hydrogens (primary N) is 1. The molecule has 2 saturated heterocycles. The highest BCUT2D eigenvalue weighted by Crippen LogP contribution is 2.36. The number of piperidine rings is 1. The van der Waals surface area contributed by atoms with E-state index in [-0.39, 0.29) is 34.4 Å². The number of aromatic nitrogens is 4. The van der Waals surface area contributed by atoms with Crippen molar-refractivity contribution in [3.8, 4) is 28.8 Å². The molecule has 0 spiro atoms. The van der Waals surface area contributed by atoms with Crippen LogP contribution in [0.1, 0.15) is 39.2 Å². The minimum Gasteiger partial charge on any atom is -0.457 e. The second-order valence-corrected chi connectivity index (χ2v) is 11.5. The average molecular weight is 581 g/mol. The van der Waals surface area contributed by atoms with Gasteiger partial charge in [-0.05, 0) is 63.5 Å². The van der Waals surface area contributed by atoms with Crippen molar-refractivity contribution < 1.29 is 13.9 Å². The molecular weight excluding hydrogens is 547 g/mol. The molecule has 43 heavy (non-hydrogen) atoms. The Labute approximate surface area is 249 Å². The molecule has 0 radical (unpaired) electrons. The lowest BCUT2D eigenvalue weighted by Crippen LogP contribution is -2.51. The molecule has 4 heterocycles. The molecular formula is C32H33FN8O2. The first-order valence-electron chi connectivity index (χ1n) is 14.4. The van der Waals surface area contributed by atoms with Crippen molar-refractivity contribution in [2.75, 3.05) is 31.9 Å². The fraction of sp³-hybridized carbons (Fsp3) is 0.344. The van der Waals surface area contributed by atoms with Crippen molar-refractivity contribution in [1.82, 2.24) is 29.5 Å². The van der Waals surface area contributed by atoms with E-state index >= 15 is 4.39 Å². The molecule has 6 rings (SSSR count). The fourth-order valence-corrected chi connectivity index (χ4v) is 5.80. The fourth-order valence-electron chi connectivity index (χ4n) is 5.80. The van der Waals surface area contributed by atoms with Gasteiger partial charge in [0.2, 0.25) is 0 Å². The SMILES string of the molecule is CC(C)(C=C(C#N)C(=O)N1CCC[C@H](n2nc(-c3ccc(Oc4ccccc4)cc3F)c3c(N)ncnc32)C1)N1CCC1. The molecule has 0 aliphatic carbocycles. The van der Waals surface area contributed by atoms with Gasteiger partial charge in [0.05, 0.1) is 11.4 Å². The van der Waals surface area contributed by atoms with E-state index in [2.05, 4.69) is 20.9 Å². The van der Waals surface area contributed by atoms with E-state index in [4.69, 9.17) is 15.6 Å². The number of ether oxygens (including phenoxy) is 1. The van der Waals surface area contributed by atoms with Crippen molar-refractivity contribution in [3.05, 3.63) is 72.3 Å². The predicted octanol–water partition coefficient (Wildman–Crippen LogP) is 5.10. The third kappa shape index (κ3) is 5.53. The van der Waals surface area contributed by atoms with E-state index in [1.54, 1.807) is 39.9 Å². The number of nitrogens with zero attached hydrogens (tertiary/aromatic N) is 7. The Morgan fingerprint density at radius 3 is 2.60 bits per heavy atom. The highest BCUT2D eigenvalue weighted by Gasteiger charge is 2.34. The maximum absolute atomic E-state index is 15.6. The van der Waals surface area contributed by atoms with E-state index in [0.29, 0.717) is 47.7 Å². The average Bonchev–Trinajstić information content (AvgIpc) is 3.36. The molecule has 0 saturated carbocycles. The first-order valence-corrected chi connectivity index (χ1v) is 14.4. The zero-order valence-electron chi connectivity index (χ0n) is 24.2. The van der Waals surface area contributed by atoms with Crippen LogP contribution in [-0.2, 0) is 4.79 Å². The summed E-state index contributed by atoms with van der Waals surface area (Å²) in [7, 11) is 0. The summed E-state index contributed by atoms with van der Waals surface area (Å²) in [6.07, 6.45) is 5.68. The van der Waals surface area contributed by atoms with Crippen molar-refractivity contribution in [3.63, 3.8) is 0 Å². The van der Waals surface area contributed by atoms with Crippen LogP contribution in [0, 0.1) is 17.1 Å². The number of likely N-dealkylation sites (tertiary alicyclic amines) is 2. The molecule has 2 aliphatic rings. The van der Waals surface area contributed by atoms with Crippen molar-refractivity contribution in [1.29, 1.82) is 5.26 Å². The molecule has 0 unspecified atom stereocenters. The van der Waals surface area contributed by atoms with Crippen LogP contribution < -0.4 is 10.5 Å². The Morgan fingerprint density at radius 2 is 1.91 bits per heavy atom. The zero-order valence-corrected chi connectivity index (χ0v) is 24.2. The Bertz CT molecular complexity index is 1740. The maximum atomic E-state index is 15.6. The number of hydrogen-bond donors (Lipinski definition) is 1. The predicted molar refractivity (Wildman–Crippen MR) is 160 cm³/mol. The molecule has 1 atom stereocenters. The number of amides is 1. The lowest BCUT2D eigenvalue weighted by molar-refractivity contribution is -0.128. The number of carbonyl (C=O) groups is 1. The Morgan fingerprint density at radius 1 is 1.12 bits per heavy atom. The number of para-hydroxylation sites is 1. The summed E-state index contributed by atoms with van der Waals surface area (Å²) in [4.78, 5) is 26.1. The summed E-state index contributed by atoms with van der Waals surface area (Å²) in [5.41, 5.74) is 7.04. The van der Waals surface area contributed by atoms with Crippen LogP contribution in [0.4, 0.5) is 10.2 Å². The molecule has 1 amide bonds. The molecule has 4 aromatic rings. The number of nitriles is 1. The van der Waals surface area contributed by atoms with Gasteiger partial charge in [-0.25, -0.2) is 19.0 Å². The van der Waals surface area contributed by atoms with Gasteiger partial charge < -0.3 is 15.4 Å². The summed E-state index contributed by atoms with van der Waals surface area (Å²) in [6, 6.07) is 15.6. The molecule has 2 aromatic heterocycles. The minimum absolute atomic E-state index is 0.134. The van der Waals surface area contributed by atoms with Gasteiger partial charge in [-0.3, -0.25) is 9.69 Å². The maximum Gasteiger partial charge on any atom is 0.264 e. The molecule has 10 nitrogen and oxygen atoms in total. The van der Waals surface area contributed by atoms with Crippen LogP contribution in [0.3, 0.4) is 0 Å². The quantitative estimate of drug-likeness (QED) is 0.236. The summed E-state index contributed by atoms with van der Waals surface area (Å²) in [5.74, 6) is 0.295. The molecule has 0 bridgehead atoms. The zero-order chi connectivity index (χ0) is 30.1. The number of carbonyl (C=O) groups excluding carboxylic acids is 1. The summed E-state index contributed by atoms with van der Waals surface area (Å²) in [6.45, 7) is 6.80. The van der Waals surface area contributed by atoms with E-state index < -0.39 is 5.82 Å². The van der Waals surface area contributed by atoms with Gasteiger partial charge in [0, 0.05) is 43.3 Å². The summed E-state index contributed by atoms with van der Waals surface area (Å²) in [5, 5.41) is 15.1. The van der Waals surface area contributed by atoms with Gasteiger partial charge in [0.25, 0.3) is 5.91 Å². The summed E-state index contributed by atoms with van der Waals surface area (Å²) >= 11 is 0. The second-order valence-electron chi connectivity index (χ2n) is 11.5. The monoisotopic (exact) mass is 580 g/mol. The Balaban J connectivity index is 1.30. The number of halogens is 1. The second kappa shape index (κ2) is 11.5. The molecule has 2 fully saturated rings. The van der Waals surface area contributed by atoms with Gasteiger partial charge in [0.15, 0.2) is 5.65 Å². The Hall–Kier alpha value is -4.82. The third-order valence-corrected chi connectivity index (χ3v) is 8.24. The number of hydrogen-bond acceptors (Lipinski definition) is 8. The van der Waals surface area contributed by atoms with Crippen LogP contribution in [-0.4, -0.2) is 67.2 Å². The van der Waals surface area contributed by atoms with Crippen molar-refractivity contribution >= 4 is 22.8 Å². The first-order chi connectivity index (χ1) is 20.7. The number of benzene rings is 2. The first kappa shape index (κ1) is 28.3. The van der Waals surface area contributed by atoms with Crippen LogP contribution in [0.2, 0.25) is 0 Å². The normalized spacial score (nSPS) is 17.9. The highest BCUT2D eigenvalue weighted by atomic mass is 19.1.